The van der Waals surface area contributed by atoms with Gasteiger partial charge in [-0.05, 0) is 65.9 Å². The van der Waals surface area contributed by atoms with Gasteiger partial charge in [0.1, 0.15) is 23.0 Å². The molecule has 3 aromatic rings. The van der Waals surface area contributed by atoms with Crippen molar-refractivity contribution in [3.05, 3.63) is 77.4 Å². The first-order valence-corrected chi connectivity index (χ1v) is 14.7. The molecule has 2 aliphatic rings. The maximum atomic E-state index is 13.6. The maximum Gasteiger partial charge on any atom is 0.416 e. The summed E-state index contributed by atoms with van der Waals surface area (Å²) in [5.41, 5.74) is 0.681. The molecule has 0 radical (unpaired) electrons. The Balaban J connectivity index is 1.48. The van der Waals surface area contributed by atoms with Crippen LogP contribution in [0.5, 0.6) is 17.2 Å². The lowest BCUT2D eigenvalue weighted by atomic mass is 9.87. The van der Waals surface area contributed by atoms with Crippen molar-refractivity contribution >= 4 is 21.5 Å². The van der Waals surface area contributed by atoms with E-state index in [1.165, 1.54) is 17.5 Å². The van der Waals surface area contributed by atoms with E-state index in [1.807, 2.05) is 17.0 Å². The molecule has 1 saturated heterocycles. The van der Waals surface area contributed by atoms with Crippen LogP contribution in [0, 0.1) is 0 Å². The van der Waals surface area contributed by atoms with Gasteiger partial charge in [-0.3, -0.25) is 0 Å². The van der Waals surface area contributed by atoms with Gasteiger partial charge in [0, 0.05) is 26.2 Å². The van der Waals surface area contributed by atoms with Crippen molar-refractivity contribution in [3.8, 4) is 17.2 Å². The molecule has 0 atom stereocenters. The topological polar surface area (TPSA) is 71.4 Å². The Morgan fingerprint density at radius 2 is 1.54 bits per heavy atom. The van der Waals surface area contributed by atoms with Crippen molar-refractivity contribution in [2.45, 2.75) is 43.7 Å². The van der Waals surface area contributed by atoms with Gasteiger partial charge < -0.3 is 14.4 Å². The summed E-state index contributed by atoms with van der Waals surface area (Å²) in [7, 11) is -2.24. The normalized spacial score (nSPS) is 16.6. The van der Waals surface area contributed by atoms with Crippen LogP contribution in [-0.4, -0.2) is 56.7 Å². The fourth-order valence-corrected chi connectivity index (χ4v) is 6.39. The summed E-state index contributed by atoms with van der Waals surface area (Å²) in [6.45, 7) is 7.40. The van der Waals surface area contributed by atoms with Crippen LogP contribution in [0.1, 0.15) is 43.9 Å². The number of aliphatic imine (C=N–C) groups is 1. The first-order chi connectivity index (χ1) is 19.3. The number of ether oxygens (including phenoxy) is 2. The van der Waals surface area contributed by atoms with Crippen molar-refractivity contribution in [3.63, 3.8) is 0 Å². The van der Waals surface area contributed by atoms with E-state index in [9.17, 15) is 21.6 Å². The highest BCUT2D eigenvalue weighted by Crippen LogP contribution is 2.42. The average molecular weight is 588 g/mol. The summed E-state index contributed by atoms with van der Waals surface area (Å²) in [4.78, 5) is 6.79. The van der Waals surface area contributed by atoms with Crippen molar-refractivity contribution < 1.29 is 31.1 Å². The van der Waals surface area contributed by atoms with Crippen molar-refractivity contribution in [1.82, 2.24) is 9.21 Å². The number of fused-ring (bicyclic) bond motifs is 2. The number of halogens is 3. The summed E-state index contributed by atoms with van der Waals surface area (Å²) < 4.78 is 80.5. The number of hydrogen-bond donors (Lipinski definition) is 0. The molecule has 0 spiro atoms. The number of methoxy groups -OCH3 is 1. The van der Waals surface area contributed by atoms with E-state index in [2.05, 4.69) is 25.8 Å². The zero-order chi connectivity index (χ0) is 29.6. The monoisotopic (exact) mass is 587 g/mol. The highest BCUT2D eigenvalue weighted by Gasteiger charge is 2.33. The third-order valence-corrected chi connectivity index (χ3v) is 9.19. The molecule has 0 amide bonds. The zero-order valence-electron chi connectivity index (χ0n) is 23.3. The highest BCUT2D eigenvalue weighted by atomic mass is 32.2. The smallest absolute Gasteiger partial charge is 0.416 e. The van der Waals surface area contributed by atoms with Crippen molar-refractivity contribution in [1.29, 1.82) is 0 Å². The third-order valence-electron chi connectivity index (χ3n) is 7.27. The van der Waals surface area contributed by atoms with Crippen LogP contribution in [0.4, 0.5) is 18.9 Å². The number of amidine groups is 1. The number of sulfonamides is 1. The lowest BCUT2D eigenvalue weighted by Crippen LogP contribution is -2.37. The summed E-state index contributed by atoms with van der Waals surface area (Å²) in [6, 6.07) is 15.3. The molecule has 0 aromatic heterocycles. The molecule has 218 valence electrons. The van der Waals surface area contributed by atoms with Gasteiger partial charge in [0.2, 0.25) is 10.0 Å². The van der Waals surface area contributed by atoms with Gasteiger partial charge >= 0.3 is 6.18 Å². The van der Waals surface area contributed by atoms with Crippen LogP contribution < -0.4 is 9.47 Å². The van der Waals surface area contributed by atoms with E-state index in [4.69, 9.17) is 9.47 Å². The second kappa shape index (κ2) is 10.7. The Bertz CT molecular complexity index is 1580. The molecule has 0 aliphatic carbocycles. The third kappa shape index (κ3) is 5.92. The van der Waals surface area contributed by atoms with E-state index in [0.717, 1.165) is 17.7 Å². The quantitative estimate of drug-likeness (QED) is 0.346. The van der Waals surface area contributed by atoms with Crippen LogP contribution >= 0.6 is 0 Å². The Labute approximate surface area is 238 Å². The number of alkyl halides is 3. The van der Waals surface area contributed by atoms with Gasteiger partial charge in [0.15, 0.2) is 5.75 Å². The van der Waals surface area contributed by atoms with Gasteiger partial charge in [0.25, 0.3) is 0 Å². The second-order valence-corrected chi connectivity index (χ2v) is 13.0. The molecule has 7 nitrogen and oxygen atoms in total. The summed E-state index contributed by atoms with van der Waals surface area (Å²) in [5.74, 6) is 1.53. The molecular weight excluding hydrogens is 555 g/mol. The first kappa shape index (κ1) is 28.9. The Hall–Kier alpha value is -3.57. The minimum absolute atomic E-state index is 0.0395. The fourth-order valence-electron chi connectivity index (χ4n) is 4.92. The SMILES string of the molecule is COc1ccc2c(c1)C(N1CCCN(S(=O)(=O)c3ccc(C(C)(C)C)cc3)CC1)=Nc1cc(C(F)(F)F)ccc1O2. The maximum absolute atomic E-state index is 13.6. The number of hydrogen-bond acceptors (Lipinski definition) is 6. The second-order valence-electron chi connectivity index (χ2n) is 11.1. The standard InChI is InChI=1S/C30H32F3N3O4S/c1-29(2,3)20-6-10-23(11-7-20)41(37,38)36-15-5-14-35(16-17-36)28-24-19-22(39-4)9-13-26(24)40-27-12-8-21(30(31,32)33)18-25(27)34-28/h6-13,18-19H,5,14-17H2,1-4H3. The molecule has 0 bridgehead atoms. The predicted molar refractivity (Wildman–Crippen MR) is 151 cm³/mol. The van der Waals surface area contributed by atoms with E-state index >= 15 is 0 Å². The molecule has 2 aliphatic heterocycles. The minimum atomic E-state index is -4.55. The van der Waals surface area contributed by atoms with Gasteiger partial charge in [0.05, 0.1) is 23.1 Å². The number of benzene rings is 3. The Morgan fingerprint density at radius 1 is 0.854 bits per heavy atom. The fraction of sp³-hybridized carbons (Fsp3) is 0.367. The summed E-state index contributed by atoms with van der Waals surface area (Å²) >= 11 is 0. The van der Waals surface area contributed by atoms with Crippen LogP contribution in [0.15, 0.2) is 70.6 Å². The van der Waals surface area contributed by atoms with Gasteiger partial charge in [-0.15, -0.1) is 0 Å². The molecule has 0 N–H and O–H groups in total. The Morgan fingerprint density at radius 3 is 2.20 bits per heavy atom. The van der Waals surface area contributed by atoms with Gasteiger partial charge in [-0.2, -0.15) is 17.5 Å². The molecule has 5 rings (SSSR count). The molecule has 0 saturated carbocycles. The largest absolute Gasteiger partial charge is 0.497 e. The van der Waals surface area contributed by atoms with Crippen molar-refractivity contribution in [2.75, 3.05) is 33.3 Å². The minimum Gasteiger partial charge on any atom is -0.497 e. The summed E-state index contributed by atoms with van der Waals surface area (Å²) in [5, 5.41) is 0. The first-order valence-electron chi connectivity index (χ1n) is 13.3. The molecule has 2 heterocycles. The average Bonchev–Trinajstić information content (AvgIpc) is 3.27. The van der Waals surface area contributed by atoms with Crippen LogP contribution in [0.25, 0.3) is 0 Å². The molecule has 1 fully saturated rings. The summed E-state index contributed by atoms with van der Waals surface area (Å²) in [6.07, 6.45) is -4.05. The van der Waals surface area contributed by atoms with E-state index < -0.39 is 21.8 Å². The van der Waals surface area contributed by atoms with Crippen LogP contribution in [0.2, 0.25) is 0 Å². The molecule has 41 heavy (non-hydrogen) atoms. The van der Waals surface area contributed by atoms with Crippen molar-refractivity contribution in [2.24, 2.45) is 4.99 Å². The van der Waals surface area contributed by atoms with E-state index in [-0.39, 0.29) is 34.8 Å². The van der Waals surface area contributed by atoms with Gasteiger partial charge in [-0.25, -0.2) is 13.4 Å². The molecular formula is C30H32F3N3O4S. The lowest BCUT2D eigenvalue weighted by molar-refractivity contribution is -0.137. The van der Waals surface area contributed by atoms with Gasteiger partial charge in [-0.1, -0.05) is 32.9 Å². The zero-order valence-corrected chi connectivity index (χ0v) is 24.1. The van der Waals surface area contributed by atoms with E-state index in [0.29, 0.717) is 42.4 Å². The molecule has 3 aromatic carbocycles. The lowest BCUT2D eigenvalue weighted by Gasteiger charge is -2.25. The molecule has 11 heteroatoms. The molecule has 0 unspecified atom stereocenters. The van der Waals surface area contributed by atoms with E-state index in [1.54, 1.807) is 30.3 Å². The number of nitrogens with zero attached hydrogens (tertiary/aromatic N) is 3. The highest BCUT2D eigenvalue weighted by molar-refractivity contribution is 7.89. The number of rotatable bonds is 3. The predicted octanol–water partition coefficient (Wildman–Crippen LogP) is 6.59. The Kier molecular flexibility index (Phi) is 7.54. The van der Waals surface area contributed by atoms with Crippen LogP contribution in [0.3, 0.4) is 0 Å². The van der Waals surface area contributed by atoms with Crippen LogP contribution in [-0.2, 0) is 21.6 Å².